The van der Waals surface area contributed by atoms with Gasteiger partial charge in [0.15, 0.2) is 11.5 Å². The van der Waals surface area contributed by atoms with Crippen LogP contribution in [0.1, 0.15) is 24.8 Å². The maximum Gasteiger partial charge on any atom is 0.231 e. The Morgan fingerprint density at radius 3 is 2.74 bits per heavy atom. The third kappa shape index (κ3) is 2.85. The molecule has 2 fully saturated rings. The van der Waals surface area contributed by atoms with E-state index in [1.165, 1.54) is 0 Å². The summed E-state index contributed by atoms with van der Waals surface area (Å²) in [5.41, 5.74) is 0.964. The minimum Gasteiger partial charge on any atom is -0.454 e. The van der Waals surface area contributed by atoms with Crippen LogP contribution in [0.3, 0.4) is 0 Å². The van der Waals surface area contributed by atoms with Gasteiger partial charge in [0.1, 0.15) is 0 Å². The molecule has 2 aliphatic heterocycles. The molecule has 0 bridgehead atoms. The number of carbonyl (C=O) groups excluding carboxylic acids is 2. The Morgan fingerprint density at radius 2 is 1.91 bits per heavy atom. The van der Waals surface area contributed by atoms with Gasteiger partial charge in [-0.15, -0.1) is 0 Å². The SMILES string of the molecule is O=C(NCc1ccc2c(c1)OCO2)C1CC1C(=O)N1CCCC1. The van der Waals surface area contributed by atoms with Crippen molar-refractivity contribution in [3.63, 3.8) is 0 Å². The van der Waals surface area contributed by atoms with Crippen molar-refractivity contribution in [1.29, 1.82) is 0 Å². The summed E-state index contributed by atoms with van der Waals surface area (Å²) < 4.78 is 10.6. The third-order valence-corrected chi connectivity index (χ3v) is 4.77. The lowest BCUT2D eigenvalue weighted by molar-refractivity contribution is -0.133. The maximum absolute atomic E-state index is 12.2. The zero-order valence-electron chi connectivity index (χ0n) is 12.9. The predicted molar refractivity (Wildman–Crippen MR) is 81.8 cm³/mol. The average Bonchev–Trinajstić information content (AvgIpc) is 2.99. The van der Waals surface area contributed by atoms with Crippen LogP contribution in [0.4, 0.5) is 0 Å². The molecule has 2 heterocycles. The molecule has 2 atom stereocenters. The Balaban J connectivity index is 1.28. The van der Waals surface area contributed by atoms with Crippen LogP contribution in [-0.4, -0.2) is 36.6 Å². The third-order valence-electron chi connectivity index (χ3n) is 4.77. The molecule has 6 heteroatoms. The fourth-order valence-corrected chi connectivity index (χ4v) is 3.30. The molecular weight excluding hydrogens is 296 g/mol. The number of hydrogen-bond donors (Lipinski definition) is 1. The number of nitrogens with one attached hydrogen (secondary N) is 1. The molecule has 4 rings (SSSR count). The van der Waals surface area contributed by atoms with Gasteiger partial charge < -0.3 is 19.7 Å². The Bertz CT molecular complexity index is 639. The summed E-state index contributed by atoms with van der Waals surface area (Å²) in [6.07, 6.45) is 2.85. The number of likely N-dealkylation sites (tertiary alicyclic amines) is 1. The van der Waals surface area contributed by atoms with Crippen LogP contribution in [0, 0.1) is 11.8 Å². The average molecular weight is 316 g/mol. The van der Waals surface area contributed by atoms with Gasteiger partial charge >= 0.3 is 0 Å². The van der Waals surface area contributed by atoms with E-state index in [0.29, 0.717) is 18.7 Å². The molecule has 3 aliphatic rings. The summed E-state index contributed by atoms with van der Waals surface area (Å²) in [5, 5.41) is 2.92. The number of benzene rings is 1. The predicted octanol–water partition coefficient (Wildman–Crippen LogP) is 1.29. The highest BCUT2D eigenvalue weighted by molar-refractivity contribution is 5.92. The molecule has 2 unspecified atom stereocenters. The minimum absolute atomic E-state index is 0.0276. The van der Waals surface area contributed by atoms with Crippen molar-refractivity contribution >= 4 is 11.8 Å². The van der Waals surface area contributed by atoms with Gasteiger partial charge in [0, 0.05) is 19.6 Å². The molecule has 1 aromatic rings. The Labute approximate surface area is 134 Å². The molecule has 0 aromatic heterocycles. The second-order valence-corrected chi connectivity index (χ2v) is 6.39. The quantitative estimate of drug-likeness (QED) is 0.909. The molecule has 2 amide bonds. The minimum atomic E-state index is -0.155. The molecule has 1 N–H and O–H groups in total. The molecule has 0 spiro atoms. The fourth-order valence-electron chi connectivity index (χ4n) is 3.30. The van der Waals surface area contributed by atoms with E-state index < -0.39 is 0 Å². The molecule has 23 heavy (non-hydrogen) atoms. The molecule has 1 saturated carbocycles. The van der Waals surface area contributed by atoms with Crippen LogP contribution >= 0.6 is 0 Å². The fraction of sp³-hybridized carbons (Fsp3) is 0.529. The van der Waals surface area contributed by atoms with Crippen molar-refractivity contribution in [2.75, 3.05) is 19.9 Å². The van der Waals surface area contributed by atoms with E-state index in [1.54, 1.807) is 0 Å². The summed E-state index contributed by atoms with van der Waals surface area (Å²) in [7, 11) is 0. The van der Waals surface area contributed by atoms with E-state index in [4.69, 9.17) is 9.47 Å². The first-order valence-corrected chi connectivity index (χ1v) is 8.17. The van der Waals surface area contributed by atoms with E-state index in [2.05, 4.69) is 5.32 Å². The van der Waals surface area contributed by atoms with Gasteiger partial charge in [-0.2, -0.15) is 0 Å². The Kier molecular flexibility index (Phi) is 3.59. The van der Waals surface area contributed by atoms with Crippen LogP contribution in [0.15, 0.2) is 18.2 Å². The smallest absolute Gasteiger partial charge is 0.231 e. The topological polar surface area (TPSA) is 67.9 Å². The summed E-state index contributed by atoms with van der Waals surface area (Å²) in [6.45, 7) is 2.38. The van der Waals surface area contributed by atoms with Crippen molar-refractivity contribution < 1.29 is 19.1 Å². The van der Waals surface area contributed by atoms with Crippen molar-refractivity contribution in [1.82, 2.24) is 10.2 Å². The highest BCUT2D eigenvalue weighted by Gasteiger charge is 2.49. The summed E-state index contributed by atoms with van der Waals surface area (Å²) in [5.74, 6) is 1.32. The van der Waals surface area contributed by atoms with Crippen LogP contribution in [0.5, 0.6) is 11.5 Å². The maximum atomic E-state index is 12.2. The highest BCUT2D eigenvalue weighted by Crippen LogP contribution is 2.40. The first kappa shape index (κ1) is 14.4. The Morgan fingerprint density at radius 1 is 1.13 bits per heavy atom. The number of hydrogen-bond acceptors (Lipinski definition) is 4. The summed E-state index contributed by atoms with van der Waals surface area (Å²) in [6, 6.07) is 5.64. The number of carbonyl (C=O) groups is 2. The number of ether oxygens (including phenoxy) is 2. The van der Waals surface area contributed by atoms with E-state index >= 15 is 0 Å². The lowest BCUT2D eigenvalue weighted by atomic mass is 10.2. The van der Waals surface area contributed by atoms with Gasteiger partial charge in [-0.05, 0) is 37.0 Å². The largest absolute Gasteiger partial charge is 0.454 e. The lowest BCUT2D eigenvalue weighted by Crippen LogP contribution is -2.32. The van der Waals surface area contributed by atoms with Gasteiger partial charge in [0.25, 0.3) is 0 Å². The van der Waals surface area contributed by atoms with Gasteiger partial charge in [0.05, 0.1) is 11.8 Å². The normalized spacial score (nSPS) is 24.6. The number of amides is 2. The van der Waals surface area contributed by atoms with Crippen molar-refractivity contribution in [2.45, 2.75) is 25.8 Å². The van der Waals surface area contributed by atoms with E-state index in [0.717, 1.165) is 37.2 Å². The molecule has 122 valence electrons. The van der Waals surface area contributed by atoms with Gasteiger partial charge in [0.2, 0.25) is 18.6 Å². The summed E-state index contributed by atoms with van der Waals surface area (Å²) in [4.78, 5) is 26.3. The molecule has 1 saturated heterocycles. The number of rotatable bonds is 4. The molecule has 1 aromatic carbocycles. The Hall–Kier alpha value is -2.24. The van der Waals surface area contributed by atoms with E-state index in [1.807, 2.05) is 23.1 Å². The first-order chi connectivity index (χ1) is 11.2. The van der Waals surface area contributed by atoms with Crippen LogP contribution in [0.25, 0.3) is 0 Å². The molecule has 1 aliphatic carbocycles. The first-order valence-electron chi connectivity index (χ1n) is 8.17. The van der Waals surface area contributed by atoms with Gasteiger partial charge in [-0.25, -0.2) is 0 Å². The number of fused-ring (bicyclic) bond motifs is 1. The van der Waals surface area contributed by atoms with Crippen molar-refractivity contribution in [3.05, 3.63) is 23.8 Å². The van der Waals surface area contributed by atoms with Crippen LogP contribution < -0.4 is 14.8 Å². The van der Waals surface area contributed by atoms with E-state index in [-0.39, 0.29) is 30.4 Å². The van der Waals surface area contributed by atoms with Crippen LogP contribution in [-0.2, 0) is 16.1 Å². The highest BCUT2D eigenvalue weighted by atomic mass is 16.7. The summed E-state index contributed by atoms with van der Waals surface area (Å²) >= 11 is 0. The van der Waals surface area contributed by atoms with Gasteiger partial charge in [-0.1, -0.05) is 6.07 Å². The lowest BCUT2D eigenvalue weighted by Gasteiger charge is -2.14. The monoisotopic (exact) mass is 316 g/mol. The second kappa shape index (κ2) is 5.76. The zero-order chi connectivity index (χ0) is 15.8. The molecule has 0 radical (unpaired) electrons. The van der Waals surface area contributed by atoms with E-state index in [9.17, 15) is 9.59 Å². The molecule has 6 nitrogen and oxygen atoms in total. The number of nitrogens with zero attached hydrogens (tertiary/aromatic N) is 1. The second-order valence-electron chi connectivity index (χ2n) is 6.39. The standard InChI is InChI=1S/C17H20N2O4/c20-16(12-8-13(12)17(21)19-5-1-2-6-19)18-9-11-3-4-14-15(7-11)23-10-22-14/h3-4,7,12-13H,1-2,5-6,8-10H2,(H,18,20). The van der Waals surface area contributed by atoms with Crippen molar-refractivity contribution in [2.24, 2.45) is 11.8 Å². The van der Waals surface area contributed by atoms with Crippen LogP contribution in [0.2, 0.25) is 0 Å². The van der Waals surface area contributed by atoms with Gasteiger partial charge in [-0.3, -0.25) is 9.59 Å². The zero-order valence-corrected chi connectivity index (χ0v) is 12.9. The molecular formula is C17H20N2O4. The van der Waals surface area contributed by atoms with Crippen molar-refractivity contribution in [3.8, 4) is 11.5 Å².